The average molecular weight is 244 g/mol. The van der Waals surface area contributed by atoms with Gasteiger partial charge in [-0.15, -0.1) is 6.42 Å². The van der Waals surface area contributed by atoms with Crippen molar-refractivity contribution in [3.8, 4) is 12.3 Å². The molecule has 0 fully saturated rings. The number of rotatable bonds is 5. The molecule has 0 aliphatic heterocycles. The maximum Gasteiger partial charge on any atom is 0.221 e. The third-order valence-corrected chi connectivity index (χ3v) is 2.77. The molecule has 18 heavy (non-hydrogen) atoms. The van der Waals surface area contributed by atoms with E-state index in [2.05, 4.69) is 30.4 Å². The Labute approximate surface area is 109 Å². The predicted molar refractivity (Wildman–Crippen MR) is 75.2 cm³/mol. The summed E-state index contributed by atoms with van der Waals surface area (Å²) in [6, 6.07) is 8.00. The van der Waals surface area contributed by atoms with Crippen molar-refractivity contribution in [1.82, 2.24) is 5.32 Å². The Kier molecular flexibility index (Phi) is 5.41. The molecule has 2 N–H and O–H groups in total. The van der Waals surface area contributed by atoms with Crippen molar-refractivity contribution in [2.45, 2.75) is 39.3 Å². The molecule has 2 atom stereocenters. The Balaban J connectivity index is 2.76. The first-order valence-corrected chi connectivity index (χ1v) is 6.16. The summed E-state index contributed by atoms with van der Waals surface area (Å²) in [7, 11) is 0. The Morgan fingerprint density at radius 3 is 2.78 bits per heavy atom. The van der Waals surface area contributed by atoms with Gasteiger partial charge in [0.2, 0.25) is 5.91 Å². The van der Waals surface area contributed by atoms with Crippen LogP contribution in [0, 0.1) is 12.3 Å². The van der Waals surface area contributed by atoms with Crippen molar-refractivity contribution < 1.29 is 4.79 Å². The maximum atomic E-state index is 11.0. The van der Waals surface area contributed by atoms with Crippen LogP contribution in [0.4, 0.5) is 5.69 Å². The van der Waals surface area contributed by atoms with Crippen molar-refractivity contribution in [2.75, 3.05) is 5.32 Å². The van der Waals surface area contributed by atoms with Gasteiger partial charge < -0.3 is 5.32 Å². The second-order valence-corrected chi connectivity index (χ2v) is 4.32. The quantitative estimate of drug-likeness (QED) is 0.782. The molecule has 1 rings (SSSR count). The molecule has 0 aliphatic carbocycles. The van der Waals surface area contributed by atoms with E-state index in [-0.39, 0.29) is 18.0 Å². The highest BCUT2D eigenvalue weighted by atomic mass is 16.1. The van der Waals surface area contributed by atoms with Gasteiger partial charge in [-0.1, -0.05) is 25.0 Å². The molecule has 1 aromatic rings. The fourth-order valence-electron chi connectivity index (χ4n) is 1.77. The largest absolute Gasteiger partial charge is 0.326 e. The first-order valence-electron chi connectivity index (χ1n) is 6.16. The number of hydrogen-bond acceptors (Lipinski definition) is 2. The molecule has 0 aliphatic rings. The topological polar surface area (TPSA) is 41.1 Å². The summed E-state index contributed by atoms with van der Waals surface area (Å²) in [5.74, 6) is 2.65. The maximum absolute atomic E-state index is 11.0. The highest BCUT2D eigenvalue weighted by molar-refractivity contribution is 5.88. The third-order valence-electron chi connectivity index (χ3n) is 2.77. The Bertz CT molecular complexity index is 448. The van der Waals surface area contributed by atoms with Crippen LogP contribution in [0.15, 0.2) is 24.3 Å². The van der Waals surface area contributed by atoms with Crippen LogP contribution in [0.25, 0.3) is 0 Å². The molecule has 0 radical (unpaired) electrons. The lowest BCUT2D eigenvalue weighted by Crippen LogP contribution is -2.29. The molecule has 1 aromatic carbocycles. The van der Waals surface area contributed by atoms with Gasteiger partial charge in [-0.25, -0.2) is 0 Å². The lowest BCUT2D eigenvalue weighted by molar-refractivity contribution is -0.114. The zero-order chi connectivity index (χ0) is 13.5. The number of terminal acetylenes is 1. The molecule has 3 heteroatoms. The number of anilines is 1. The van der Waals surface area contributed by atoms with E-state index < -0.39 is 0 Å². The van der Waals surface area contributed by atoms with E-state index >= 15 is 0 Å². The number of nitrogens with one attached hydrogen (secondary N) is 2. The SMILES string of the molecule is C#CC(CC)NC(C)c1cccc(NC(C)=O)c1. The van der Waals surface area contributed by atoms with Gasteiger partial charge in [0.1, 0.15) is 0 Å². The molecule has 0 heterocycles. The lowest BCUT2D eigenvalue weighted by Gasteiger charge is -2.19. The van der Waals surface area contributed by atoms with Crippen molar-refractivity contribution in [3.05, 3.63) is 29.8 Å². The van der Waals surface area contributed by atoms with Gasteiger partial charge in [0.05, 0.1) is 6.04 Å². The monoisotopic (exact) mass is 244 g/mol. The fourth-order valence-corrected chi connectivity index (χ4v) is 1.77. The minimum Gasteiger partial charge on any atom is -0.326 e. The number of hydrogen-bond donors (Lipinski definition) is 2. The third kappa shape index (κ3) is 4.23. The number of carbonyl (C=O) groups is 1. The van der Waals surface area contributed by atoms with E-state index in [9.17, 15) is 4.79 Å². The minimum atomic E-state index is -0.0668. The minimum absolute atomic E-state index is 0.0668. The van der Waals surface area contributed by atoms with Crippen LogP contribution in [0.1, 0.15) is 38.8 Å². The first kappa shape index (κ1) is 14.3. The van der Waals surface area contributed by atoms with Crippen molar-refractivity contribution in [3.63, 3.8) is 0 Å². The summed E-state index contributed by atoms with van der Waals surface area (Å²) in [6.07, 6.45) is 6.33. The number of amides is 1. The van der Waals surface area contributed by atoms with Gasteiger partial charge >= 0.3 is 0 Å². The van der Waals surface area contributed by atoms with E-state index in [4.69, 9.17) is 6.42 Å². The molecule has 1 amide bonds. The molecule has 3 nitrogen and oxygen atoms in total. The molecular formula is C15H20N2O. The molecule has 0 spiro atoms. The van der Waals surface area contributed by atoms with Gasteiger partial charge in [-0.2, -0.15) is 0 Å². The van der Waals surface area contributed by atoms with Crippen LogP contribution in [-0.2, 0) is 4.79 Å². The van der Waals surface area contributed by atoms with E-state index in [1.165, 1.54) is 6.92 Å². The lowest BCUT2D eigenvalue weighted by atomic mass is 10.1. The van der Waals surface area contributed by atoms with E-state index in [1.807, 2.05) is 24.3 Å². The van der Waals surface area contributed by atoms with Gasteiger partial charge in [-0.3, -0.25) is 10.1 Å². The van der Waals surface area contributed by atoms with Gasteiger partial charge in [0.25, 0.3) is 0 Å². The fraction of sp³-hybridized carbons (Fsp3) is 0.400. The highest BCUT2D eigenvalue weighted by Crippen LogP contribution is 2.18. The molecule has 0 aromatic heterocycles. The zero-order valence-corrected chi connectivity index (χ0v) is 11.2. The highest BCUT2D eigenvalue weighted by Gasteiger charge is 2.10. The Morgan fingerprint density at radius 1 is 1.50 bits per heavy atom. The van der Waals surface area contributed by atoms with E-state index in [1.54, 1.807) is 0 Å². The van der Waals surface area contributed by atoms with E-state index in [0.29, 0.717) is 0 Å². The zero-order valence-electron chi connectivity index (χ0n) is 11.2. The van der Waals surface area contributed by atoms with Crippen molar-refractivity contribution >= 4 is 11.6 Å². The molecule has 0 bridgehead atoms. The molecule has 2 unspecified atom stereocenters. The van der Waals surface area contributed by atoms with Gasteiger partial charge in [0, 0.05) is 18.7 Å². The van der Waals surface area contributed by atoms with E-state index in [0.717, 1.165) is 17.7 Å². The summed E-state index contributed by atoms with van der Waals surface area (Å²) < 4.78 is 0. The van der Waals surface area contributed by atoms with Crippen molar-refractivity contribution in [2.24, 2.45) is 0 Å². The standard InChI is InChI=1S/C15H20N2O/c1-5-14(6-2)16-11(3)13-8-7-9-15(10-13)17-12(4)18/h1,7-11,14,16H,6H2,2-4H3,(H,17,18). The van der Waals surface area contributed by atoms with Crippen LogP contribution < -0.4 is 10.6 Å². The van der Waals surface area contributed by atoms with Crippen LogP contribution in [0.5, 0.6) is 0 Å². The number of carbonyl (C=O) groups excluding carboxylic acids is 1. The number of benzene rings is 1. The van der Waals surface area contributed by atoms with Crippen LogP contribution >= 0.6 is 0 Å². The normalized spacial score (nSPS) is 13.4. The Hall–Kier alpha value is -1.79. The van der Waals surface area contributed by atoms with Crippen molar-refractivity contribution in [1.29, 1.82) is 0 Å². The van der Waals surface area contributed by atoms with Crippen LogP contribution in [0.3, 0.4) is 0 Å². The Morgan fingerprint density at radius 2 is 2.22 bits per heavy atom. The second kappa shape index (κ2) is 6.83. The smallest absolute Gasteiger partial charge is 0.221 e. The summed E-state index contributed by atoms with van der Waals surface area (Å²) in [6.45, 7) is 5.62. The molecule has 96 valence electrons. The van der Waals surface area contributed by atoms with Gasteiger partial charge in [-0.05, 0) is 31.0 Å². The summed E-state index contributed by atoms with van der Waals surface area (Å²) in [5, 5.41) is 6.14. The summed E-state index contributed by atoms with van der Waals surface area (Å²) in [5.41, 5.74) is 1.91. The predicted octanol–water partition coefficient (Wildman–Crippen LogP) is 2.71. The first-order chi connectivity index (χ1) is 8.56. The molecule has 0 saturated heterocycles. The van der Waals surface area contributed by atoms with Crippen LogP contribution in [0.2, 0.25) is 0 Å². The van der Waals surface area contributed by atoms with Crippen LogP contribution in [-0.4, -0.2) is 11.9 Å². The summed E-state index contributed by atoms with van der Waals surface area (Å²) >= 11 is 0. The average Bonchev–Trinajstić information content (AvgIpc) is 2.35. The summed E-state index contributed by atoms with van der Waals surface area (Å²) in [4.78, 5) is 11.0. The molecule has 0 saturated carbocycles. The molecular weight excluding hydrogens is 224 g/mol. The van der Waals surface area contributed by atoms with Gasteiger partial charge in [0.15, 0.2) is 0 Å². The second-order valence-electron chi connectivity index (χ2n) is 4.32.